The number of benzene rings is 1. The molecule has 0 aliphatic carbocycles. The average molecular weight is 281 g/mol. The molecule has 102 valence electrons. The van der Waals surface area contributed by atoms with Gasteiger partial charge in [-0.05, 0) is 38.1 Å². The van der Waals surface area contributed by atoms with E-state index >= 15 is 0 Å². The SMILES string of the molecule is CC(C)NC(=O)c1ccc(N2CC(Cl)CC2=O)cc1. The molecule has 0 spiro atoms. The molecule has 1 heterocycles. The van der Waals surface area contributed by atoms with Gasteiger partial charge in [-0.2, -0.15) is 0 Å². The van der Waals surface area contributed by atoms with E-state index in [4.69, 9.17) is 11.6 Å². The first-order valence-corrected chi connectivity index (χ1v) is 6.76. The first kappa shape index (κ1) is 13.9. The number of carbonyl (C=O) groups excluding carboxylic acids is 2. The van der Waals surface area contributed by atoms with Gasteiger partial charge < -0.3 is 10.2 Å². The molecule has 1 atom stereocenters. The standard InChI is InChI=1S/C14H17ClN2O2/c1-9(2)16-14(19)10-3-5-12(6-4-10)17-8-11(15)7-13(17)18/h3-6,9,11H,7-8H2,1-2H3,(H,16,19). The number of halogens is 1. The molecule has 1 fully saturated rings. The van der Waals surface area contributed by atoms with Crippen molar-refractivity contribution >= 4 is 29.1 Å². The number of anilines is 1. The highest BCUT2D eigenvalue weighted by molar-refractivity contribution is 6.24. The molecule has 0 bridgehead atoms. The molecule has 0 radical (unpaired) electrons. The Bertz CT molecular complexity index is 485. The second-order valence-electron chi connectivity index (χ2n) is 4.98. The van der Waals surface area contributed by atoms with Crippen LogP contribution in [0.15, 0.2) is 24.3 Å². The Labute approximate surface area is 117 Å². The highest BCUT2D eigenvalue weighted by Crippen LogP contribution is 2.24. The summed E-state index contributed by atoms with van der Waals surface area (Å²) in [5.74, 6) is -0.0797. The summed E-state index contributed by atoms with van der Waals surface area (Å²) >= 11 is 5.96. The molecule has 4 nitrogen and oxygen atoms in total. The summed E-state index contributed by atoms with van der Waals surface area (Å²) in [7, 11) is 0. The molecule has 0 saturated carbocycles. The van der Waals surface area contributed by atoms with Gasteiger partial charge in [-0.15, -0.1) is 11.6 Å². The average Bonchev–Trinajstić information content (AvgIpc) is 2.68. The number of rotatable bonds is 3. The van der Waals surface area contributed by atoms with Crippen molar-refractivity contribution in [3.63, 3.8) is 0 Å². The second-order valence-corrected chi connectivity index (χ2v) is 5.60. The zero-order valence-corrected chi connectivity index (χ0v) is 11.8. The Morgan fingerprint density at radius 2 is 2.00 bits per heavy atom. The van der Waals surface area contributed by atoms with E-state index in [2.05, 4.69) is 5.32 Å². The van der Waals surface area contributed by atoms with E-state index in [-0.39, 0.29) is 23.2 Å². The first-order chi connectivity index (χ1) is 8.97. The molecule has 2 amide bonds. The molecule has 19 heavy (non-hydrogen) atoms. The van der Waals surface area contributed by atoms with Crippen molar-refractivity contribution in [1.29, 1.82) is 0 Å². The van der Waals surface area contributed by atoms with Gasteiger partial charge in [0.15, 0.2) is 0 Å². The molecule has 0 aromatic heterocycles. The Kier molecular flexibility index (Phi) is 4.10. The topological polar surface area (TPSA) is 49.4 Å². The predicted octanol–water partition coefficient (Wildman–Crippen LogP) is 2.17. The van der Waals surface area contributed by atoms with Gasteiger partial charge in [-0.25, -0.2) is 0 Å². The molecule has 1 N–H and O–H groups in total. The summed E-state index contributed by atoms with van der Waals surface area (Å²) in [4.78, 5) is 25.2. The molecule has 2 rings (SSSR count). The van der Waals surface area contributed by atoms with Gasteiger partial charge >= 0.3 is 0 Å². The van der Waals surface area contributed by atoms with Crippen LogP contribution < -0.4 is 10.2 Å². The molecular weight excluding hydrogens is 264 g/mol. The Morgan fingerprint density at radius 1 is 1.37 bits per heavy atom. The largest absolute Gasteiger partial charge is 0.350 e. The van der Waals surface area contributed by atoms with Gasteiger partial charge in [0, 0.05) is 30.3 Å². The van der Waals surface area contributed by atoms with Crippen LogP contribution in [0.3, 0.4) is 0 Å². The van der Waals surface area contributed by atoms with Crippen LogP contribution in [0.4, 0.5) is 5.69 Å². The third-order valence-corrected chi connectivity index (χ3v) is 3.23. The zero-order chi connectivity index (χ0) is 14.0. The second kappa shape index (κ2) is 5.61. The maximum absolute atomic E-state index is 11.8. The van der Waals surface area contributed by atoms with Crippen LogP contribution in [0.1, 0.15) is 30.6 Å². The molecule has 1 aliphatic heterocycles. The lowest BCUT2D eigenvalue weighted by molar-refractivity contribution is -0.117. The van der Waals surface area contributed by atoms with Gasteiger partial charge in [0.1, 0.15) is 0 Å². The van der Waals surface area contributed by atoms with E-state index in [0.717, 1.165) is 5.69 Å². The summed E-state index contributed by atoms with van der Waals surface area (Å²) < 4.78 is 0. The van der Waals surface area contributed by atoms with E-state index in [1.807, 2.05) is 13.8 Å². The maximum atomic E-state index is 11.8. The van der Waals surface area contributed by atoms with Crippen LogP contribution in [-0.4, -0.2) is 29.8 Å². The Balaban J connectivity index is 2.10. The number of alkyl halides is 1. The maximum Gasteiger partial charge on any atom is 0.251 e. The number of hydrogen-bond donors (Lipinski definition) is 1. The fourth-order valence-electron chi connectivity index (χ4n) is 2.05. The fourth-order valence-corrected chi connectivity index (χ4v) is 2.32. The van der Waals surface area contributed by atoms with Crippen LogP contribution >= 0.6 is 11.6 Å². The highest BCUT2D eigenvalue weighted by atomic mass is 35.5. The van der Waals surface area contributed by atoms with Crippen molar-refractivity contribution in [2.24, 2.45) is 0 Å². The predicted molar refractivity (Wildman–Crippen MR) is 75.7 cm³/mol. The van der Waals surface area contributed by atoms with Crippen molar-refractivity contribution in [3.8, 4) is 0 Å². The summed E-state index contributed by atoms with van der Waals surface area (Å²) in [6, 6.07) is 7.11. The van der Waals surface area contributed by atoms with Crippen LogP contribution in [-0.2, 0) is 4.79 Å². The zero-order valence-electron chi connectivity index (χ0n) is 11.0. The van der Waals surface area contributed by atoms with Gasteiger partial charge in [0.25, 0.3) is 5.91 Å². The van der Waals surface area contributed by atoms with E-state index < -0.39 is 0 Å². The summed E-state index contributed by atoms with van der Waals surface area (Å²) in [5.41, 5.74) is 1.38. The lowest BCUT2D eigenvalue weighted by Gasteiger charge is -2.16. The third-order valence-electron chi connectivity index (χ3n) is 2.94. The first-order valence-electron chi connectivity index (χ1n) is 6.32. The minimum atomic E-state index is -0.128. The lowest BCUT2D eigenvalue weighted by Crippen LogP contribution is -2.30. The molecule has 1 saturated heterocycles. The van der Waals surface area contributed by atoms with Crippen LogP contribution in [0.2, 0.25) is 0 Å². The third kappa shape index (κ3) is 3.26. The van der Waals surface area contributed by atoms with E-state index in [9.17, 15) is 9.59 Å². The fraction of sp³-hybridized carbons (Fsp3) is 0.429. The van der Waals surface area contributed by atoms with Crippen LogP contribution in [0.5, 0.6) is 0 Å². The van der Waals surface area contributed by atoms with Crippen molar-refractivity contribution < 1.29 is 9.59 Å². The monoisotopic (exact) mass is 280 g/mol. The highest BCUT2D eigenvalue weighted by Gasteiger charge is 2.29. The van der Waals surface area contributed by atoms with Gasteiger partial charge in [0.05, 0.1) is 5.38 Å². The summed E-state index contributed by atoms with van der Waals surface area (Å²) in [6.07, 6.45) is 0.372. The number of amides is 2. The molecule has 5 heteroatoms. The molecule has 1 aromatic carbocycles. The summed E-state index contributed by atoms with van der Waals surface area (Å²) in [6.45, 7) is 4.35. The number of nitrogens with zero attached hydrogens (tertiary/aromatic N) is 1. The van der Waals surface area contributed by atoms with E-state index in [1.54, 1.807) is 29.2 Å². The Morgan fingerprint density at radius 3 is 2.47 bits per heavy atom. The van der Waals surface area contributed by atoms with Crippen molar-refractivity contribution in [2.45, 2.75) is 31.7 Å². The van der Waals surface area contributed by atoms with Gasteiger partial charge in [-0.1, -0.05) is 0 Å². The molecular formula is C14H17ClN2O2. The molecule has 1 aromatic rings. The quantitative estimate of drug-likeness (QED) is 0.863. The van der Waals surface area contributed by atoms with Crippen molar-refractivity contribution in [1.82, 2.24) is 5.32 Å². The summed E-state index contributed by atoms with van der Waals surface area (Å²) in [5, 5.41) is 2.69. The number of carbonyl (C=O) groups is 2. The molecule has 1 unspecified atom stereocenters. The van der Waals surface area contributed by atoms with E-state index in [1.165, 1.54) is 0 Å². The number of hydrogen-bond acceptors (Lipinski definition) is 2. The van der Waals surface area contributed by atoms with Crippen molar-refractivity contribution in [2.75, 3.05) is 11.4 Å². The molecule has 1 aliphatic rings. The normalized spacial score (nSPS) is 19.1. The minimum Gasteiger partial charge on any atom is -0.350 e. The van der Waals surface area contributed by atoms with E-state index in [0.29, 0.717) is 18.5 Å². The minimum absolute atomic E-state index is 0.0272. The Hall–Kier alpha value is -1.55. The smallest absolute Gasteiger partial charge is 0.251 e. The van der Waals surface area contributed by atoms with Crippen LogP contribution in [0, 0.1) is 0 Å². The van der Waals surface area contributed by atoms with Crippen molar-refractivity contribution in [3.05, 3.63) is 29.8 Å². The van der Waals surface area contributed by atoms with Crippen LogP contribution in [0.25, 0.3) is 0 Å². The van der Waals surface area contributed by atoms with Gasteiger partial charge in [0.2, 0.25) is 5.91 Å². The lowest BCUT2D eigenvalue weighted by atomic mass is 10.1. The van der Waals surface area contributed by atoms with Gasteiger partial charge in [-0.3, -0.25) is 9.59 Å². The number of nitrogens with one attached hydrogen (secondary N) is 1.